The number of aliphatic hydroxyl groups is 2. The van der Waals surface area contributed by atoms with Crippen molar-refractivity contribution < 1.29 is 20.0 Å². The Morgan fingerprint density at radius 1 is 0.667 bits per heavy atom. The van der Waals surface area contributed by atoms with Crippen LogP contribution in [0.15, 0.2) is 0 Å². The van der Waals surface area contributed by atoms with Crippen LogP contribution in [0.3, 0.4) is 0 Å². The second kappa shape index (κ2) is 4.39. The van der Waals surface area contributed by atoms with Gasteiger partial charge < -0.3 is 10.2 Å². The van der Waals surface area contributed by atoms with Crippen LogP contribution in [-0.4, -0.2) is 21.8 Å². The van der Waals surface area contributed by atoms with Gasteiger partial charge in [0, 0.05) is 23.7 Å². The molecule has 4 saturated carbocycles. The third-order valence-corrected chi connectivity index (χ3v) is 9.96. The van der Waals surface area contributed by atoms with E-state index in [4.69, 9.17) is 9.78 Å². The molecule has 4 fully saturated rings. The highest BCUT2D eigenvalue weighted by Gasteiger charge is 2.73. The van der Waals surface area contributed by atoms with Gasteiger partial charge in [0.15, 0.2) is 0 Å². The summed E-state index contributed by atoms with van der Waals surface area (Å²) in [5.74, 6) is -1.73. The van der Waals surface area contributed by atoms with Crippen LogP contribution >= 0.6 is 0 Å². The Morgan fingerprint density at radius 2 is 1.00 bits per heavy atom. The number of fused-ring (bicyclic) bond motifs is 4. The third-order valence-electron chi connectivity index (χ3n) is 9.96. The number of rotatable bonds is 3. The van der Waals surface area contributed by atoms with E-state index >= 15 is 0 Å². The fraction of sp³-hybridized carbons (Fsp3) is 1.00. The number of hydrogen-bond acceptors (Lipinski definition) is 4. The zero-order valence-corrected chi connectivity index (χ0v) is 16.1. The van der Waals surface area contributed by atoms with E-state index in [1.54, 1.807) is 0 Å². The zero-order valence-electron chi connectivity index (χ0n) is 16.1. The number of hydrogen-bond donors (Lipinski definition) is 2. The summed E-state index contributed by atoms with van der Waals surface area (Å²) in [7, 11) is 0. The summed E-state index contributed by atoms with van der Waals surface area (Å²) in [6, 6.07) is 0. The van der Waals surface area contributed by atoms with Crippen molar-refractivity contribution in [2.24, 2.45) is 33.5 Å². The standard InChI is InChI=1S/C20H34O4/c1-15(2)13-7-9-17(15,5)19(21,11-13)23-24-20(22)12-14-8-10-18(20,6)16(14,3)4/h13-14,21-22H,7-12H2,1-6H3. The van der Waals surface area contributed by atoms with Crippen LogP contribution in [0, 0.1) is 33.5 Å². The van der Waals surface area contributed by atoms with Crippen molar-refractivity contribution in [3.05, 3.63) is 0 Å². The van der Waals surface area contributed by atoms with Gasteiger partial charge in [-0.25, -0.2) is 0 Å². The highest BCUT2D eigenvalue weighted by molar-refractivity contribution is 5.16. The highest BCUT2D eigenvalue weighted by Crippen LogP contribution is 2.72. The predicted molar refractivity (Wildman–Crippen MR) is 90.5 cm³/mol. The van der Waals surface area contributed by atoms with Crippen molar-refractivity contribution in [3.8, 4) is 0 Å². The quantitative estimate of drug-likeness (QED) is 0.464. The Kier molecular flexibility index (Phi) is 3.15. The monoisotopic (exact) mass is 338 g/mol. The van der Waals surface area contributed by atoms with Gasteiger partial charge in [0.1, 0.15) is 0 Å². The molecular weight excluding hydrogens is 304 g/mol. The molecule has 0 aliphatic heterocycles. The third kappa shape index (κ3) is 1.61. The van der Waals surface area contributed by atoms with Gasteiger partial charge in [-0.3, -0.25) is 0 Å². The van der Waals surface area contributed by atoms with Gasteiger partial charge in [-0.1, -0.05) is 41.5 Å². The molecule has 4 aliphatic rings. The maximum absolute atomic E-state index is 11.3. The Morgan fingerprint density at radius 3 is 1.21 bits per heavy atom. The Bertz CT molecular complexity index is 522. The largest absolute Gasteiger partial charge is 0.363 e. The molecule has 0 spiro atoms. The second-order valence-corrected chi connectivity index (χ2v) is 10.7. The molecule has 138 valence electrons. The maximum Gasteiger partial charge on any atom is 0.205 e. The van der Waals surface area contributed by atoms with Crippen LogP contribution in [0.5, 0.6) is 0 Å². The van der Waals surface area contributed by atoms with Crippen molar-refractivity contribution >= 4 is 0 Å². The molecule has 4 rings (SSSR count). The second-order valence-electron chi connectivity index (χ2n) is 10.7. The van der Waals surface area contributed by atoms with E-state index in [0.29, 0.717) is 24.7 Å². The summed E-state index contributed by atoms with van der Waals surface area (Å²) < 4.78 is 0. The van der Waals surface area contributed by atoms with Crippen molar-refractivity contribution in [2.45, 2.75) is 91.6 Å². The lowest BCUT2D eigenvalue weighted by atomic mass is 9.68. The molecular formula is C20H34O4. The molecule has 0 radical (unpaired) electrons. The molecule has 6 unspecified atom stereocenters. The minimum absolute atomic E-state index is 0.0194. The molecule has 4 bridgehead atoms. The van der Waals surface area contributed by atoms with Crippen molar-refractivity contribution in [2.75, 3.05) is 0 Å². The summed E-state index contributed by atoms with van der Waals surface area (Å²) in [4.78, 5) is 11.5. The lowest BCUT2D eigenvalue weighted by Gasteiger charge is -2.47. The van der Waals surface area contributed by atoms with E-state index in [1.807, 2.05) is 0 Å². The van der Waals surface area contributed by atoms with Gasteiger partial charge in [0.25, 0.3) is 0 Å². The van der Waals surface area contributed by atoms with E-state index in [1.165, 1.54) is 0 Å². The molecule has 6 atom stereocenters. The molecule has 2 N–H and O–H groups in total. The van der Waals surface area contributed by atoms with E-state index in [0.717, 1.165) is 25.7 Å². The molecule has 24 heavy (non-hydrogen) atoms. The van der Waals surface area contributed by atoms with Crippen LogP contribution in [0.1, 0.15) is 80.1 Å². The molecule has 4 nitrogen and oxygen atoms in total. The molecule has 0 aromatic heterocycles. The van der Waals surface area contributed by atoms with E-state index < -0.39 is 11.6 Å². The first-order chi connectivity index (χ1) is 10.8. The first kappa shape index (κ1) is 17.3. The lowest BCUT2D eigenvalue weighted by molar-refractivity contribution is -0.528. The first-order valence-corrected chi connectivity index (χ1v) is 9.65. The fourth-order valence-corrected chi connectivity index (χ4v) is 6.81. The summed E-state index contributed by atoms with van der Waals surface area (Å²) in [6.45, 7) is 13.1. The van der Waals surface area contributed by atoms with Crippen LogP contribution < -0.4 is 0 Å². The van der Waals surface area contributed by atoms with Gasteiger partial charge in [-0.15, -0.1) is 0 Å². The van der Waals surface area contributed by atoms with Gasteiger partial charge in [0.05, 0.1) is 0 Å². The molecule has 0 heterocycles. The SMILES string of the molecule is CC1(C)C2CCC1(C)C(O)(OOC1(O)CC3CCC1(C)C3(C)C)C2. The summed E-state index contributed by atoms with van der Waals surface area (Å²) >= 11 is 0. The van der Waals surface area contributed by atoms with Gasteiger partial charge in [-0.05, 0) is 48.3 Å². The first-order valence-electron chi connectivity index (χ1n) is 9.65. The van der Waals surface area contributed by atoms with Crippen LogP contribution in [0.25, 0.3) is 0 Å². The predicted octanol–water partition coefficient (Wildman–Crippen LogP) is 4.00. The molecule has 0 aromatic carbocycles. The summed E-state index contributed by atoms with van der Waals surface area (Å²) in [5, 5.41) is 22.6. The van der Waals surface area contributed by atoms with Gasteiger partial charge in [0.2, 0.25) is 11.6 Å². The molecule has 0 amide bonds. The molecule has 0 aromatic rings. The smallest absolute Gasteiger partial charge is 0.205 e. The van der Waals surface area contributed by atoms with Crippen molar-refractivity contribution in [1.29, 1.82) is 0 Å². The molecule has 0 saturated heterocycles. The van der Waals surface area contributed by atoms with Gasteiger partial charge in [-0.2, -0.15) is 9.78 Å². The van der Waals surface area contributed by atoms with Crippen LogP contribution in [0.4, 0.5) is 0 Å². The van der Waals surface area contributed by atoms with Gasteiger partial charge >= 0.3 is 0 Å². The van der Waals surface area contributed by atoms with Crippen molar-refractivity contribution in [3.63, 3.8) is 0 Å². The fourth-order valence-electron chi connectivity index (χ4n) is 6.81. The minimum Gasteiger partial charge on any atom is -0.363 e. The van der Waals surface area contributed by atoms with E-state index in [2.05, 4.69) is 41.5 Å². The Balaban J connectivity index is 1.57. The molecule has 4 aliphatic carbocycles. The zero-order chi connectivity index (χ0) is 17.8. The highest BCUT2D eigenvalue weighted by atomic mass is 17.3. The summed E-state index contributed by atoms with van der Waals surface area (Å²) in [6.07, 6.45) is 5.33. The normalized spacial score (nSPS) is 57.0. The minimum atomic E-state index is -1.31. The Hall–Kier alpha value is -0.160. The van der Waals surface area contributed by atoms with Crippen LogP contribution in [-0.2, 0) is 9.78 Å². The van der Waals surface area contributed by atoms with E-state index in [-0.39, 0.29) is 21.7 Å². The Labute approximate surface area is 145 Å². The van der Waals surface area contributed by atoms with Crippen LogP contribution in [0.2, 0.25) is 0 Å². The lowest BCUT2D eigenvalue weighted by Crippen LogP contribution is -2.54. The summed E-state index contributed by atoms with van der Waals surface area (Å²) in [5.41, 5.74) is -0.638. The average molecular weight is 338 g/mol. The van der Waals surface area contributed by atoms with Crippen molar-refractivity contribution in [1.82, 2.24) is 0 Å². The van der Waals surface area contributed by atoms with E-state index in [9.17, 15) is 10.2 Å². The average Bonchev–Trinajstić information content (AvgIpc) is 2.96. The molecule has 4 heteroatoms. The topological polar surface area (TPSA) is 58.9 Å². The maximum atomic E-state index is 11.3.